The second-order valence-corrected chi connectivity index (χ2v) is 15.7. The lowest BCUT2D eigenvalue weighted by atomic mass is 9.97. The van der Waals surface area contributed by atoms with Gasteiger partial charge in [-0.2, -0.15) is 0 Å². The summed E-state index contributed by atoms with van der Waals surface area (Å²) >= 11 is 1.89. The summed E-state index contributed by atoms with van der Waals surface area (Å²) in [5.74, 6) is 0. The molecule has 0 fully saturated rings. The maximum absolute atomic E-state index is 6.57. The summed E-state index contributed by atoms with van der Waals surface area (Å²) < 4.78 is 11.5. The third-order valence-electron chi connectivity index (χ3n) is 11.4. The molecule has 0 aliphatic heterocycles. The molecule has 12 aromatic rings. The van der Waals surface area contributed by atoms with Gasteiger partial charge in [-0.05, 0) is 70.8 Å². The molecule has 0 aliphatic rings. The summed E-state index contributed by atoms with van der Waals surface area (Å²) in [6, 6.07) is 69.4. The number of benzene rings is 8. The predicted molar refractivity (Wildman–Crippen MR) is 240 cm³/mol. The van der Waals surface area contributed by atoms with Crippen LogP contribution in [-0.2, 0) is 0 Å². The molecule has 0 saturated carbocycles. The van der Waals surface area contributed by atoms with E-state index in [1.54, 1.807) is 0 Å². The molecule has 0 radical (unpaired) electrons. The number of fused-ring (bicyclic) bond motifs is 10. The molecule has 0 aliphatic carbocycles. The van der Waals surface area contributed by atoms with E-state index in [0.29, 0.717) is 0 Å². The van der Waals surface area contributed by atoms with E-state index in [4.69, 9.17) is 9.40 Å². The van der Waals surface area contributed by atoms with Crippen LogP contribution in [0.1, 0.15) is 0 Å². The Bertz CT molecular complexity index is 3500. The van der Waals surface area contributed by atoms with Gasteiger partial charge in [-0.1, -0.05) is 146 Å². The number of nitrogens with zero attached hydrogens (tertiary/aromatic N) is 2. The Balaban J connectivity index is 1.10. The third-order valence-corrected chi connectivity index (χ3v) is 12.7. The van der Waals surface area contributed by atoms with Crippen LogP contribution < -0.4 is 0 Å². The molecule has 0 unspecified atom stereocenters. The van der Waals surface area contributed by atoms with Crippen molar-refractivity contribution in [1.29, 1.82) is 0 Å². The first kappa shape index (κ1) is 32.0. The highest BCUT2D eigenvalue weighted by Gasteiger charge is 2.21. The molecule has 4 heteroatoms. The van der Waals surface area contributed by atoms with Crippen LogP contribution in [-0.4, -0.2) is 9.55 Å². The molecule has 12 rings (SSSR count). The zero-order valence-corrected chi connectivity index (χ0v) is 31.5. The van der Waals surface area contributed by atoms with Gasteiger partial charge in [0.25, 0.3) is 0 Å². The maximum atomic E-state index is 6.57. The van der Waals surface area contributed by atoms with Crippen molar-refractivity contribution in [2.45, 2.75) is 0 Å². The monoisotopic (exact) mass is 744 g/mol. The predicted octanol–water partition coefficient (Wildman–Crippen LogP) is 15.1. The first-order chi connectivity index (χ1) is 28.3. The van der Waals surface area contributed by atoms with Crippen LogP contribution >= 0.6 is 11.3 Å². The van der Waals surface area contributed by atoms with Crippen molar-refractivity contribution in [3.05, 3.63) is 194 Å². The first-order valence-electron chi connectivity index (χ1n) is 19.3. The van der Waals surface area contributed by atoms with Crippen LogP contribution in [0.5, 0.6) is 0 Å². The van der Waals surface area contributed by atoms with Gasteiger partial charge in [-0.3, -0.25) is 0 Å². The van der Waals surface area contributed by atoms with E-state index < -0.39 is 0 Å². The van der Waals surface area contributed by atoms with Gasteiger partial charge in [0.15, 0.2) is 0 Å². The molecule has 0 spiro atoms. The number of pyridine rings is 1. The lowest BCUT2D eigenvalue weighted by Gasteiger charge is -2.12. The van der Waals surface area contributed by atoms with Crippen molar-refractivity contribution in [3.8, 4) is 50.5 Å². The minimum absolute atomic E-state index is 0.853. The van der Waals surface area contributed by atoms with Crippen molar-refractivity contribution in [1.82, 2.24) is 9.55 Å². The van der Waals surface area contributed by atoms with Crippen LogP contribution in [0.2, 0.25) is 0 Å². The molecule has 3 nitrogen and oxygen atoms in total. The SMILES string of the molecule is c1ccc(-c2ccc(-c3cc(-c4cccc5c4sc4c5ccc5c4c4ccccc4n5-c4ccccc4)cc(-c4cccc5c4oc4ccccc45)n3)cc2)cc1. The number of thiophene rings is 1. The average molecular weight is 745 g/mol. The zero-order chi connectivity index (χ0) is 37.5. The highest BCUT2D eigenvalue weighted by Crippen LogP contribution is 2.47. The fourth-order valence-electron chi connectivity index (χ4n) is 8.78. The highest BCUT2D eigenvalue weighted by molar-refractivity contribution is 7.27. The Labute approximate surface area is 332 Å². The lowest BCUT2D eigenvalue weighted by molar-refractivity contribution is 0.670. The summed E-state index contributed by atoms with van der Waals surface area (Å²) in [5, 5.41) is 7.30. The minimum atomic E-state index is 0.853. The minimum Gasteiger partial charge on any atom is -0.455 e. The Kier molecular flexibility index (Phi) is 7.10. The second-order valence-electron chi connectivity index (χ2n) is 14.7. The molecular formula is C53H32N2OS. The Morgan fingerprint density at radius 2 is 1.04 bits per heavy atom. The molecule has 0 bridgehead atoms. The molecule has 4 heterocycles. The van der Waals surface area contributed by atoms with Gasteiger partial charge in [0.2, 0.25) is 0 Å². The second kappa shape index (κ2) is 12.6. The highest BCUT2D eigenvalue weighted by atomic mass is 32.1. The van der Waals surface area contributed by atoms with Crippen molar-refractivity contribution >= 4 is 75.3 Å². The first-order valence-corrected chi connectivity index (χ1v) is 20.1. The van der Waals surface area contributed by atoms with Crippen LogP contribution in [0.3, 0.4) is 0 Å². The van der Waals surface area contributed by atoms with Crippen LogP contribution in [0.25, 0.3) is 114 Å². The number of aromatic nitrogens is 2. The Hall–Kier alpha value is -7.27. The van der Waals surface area contributed by atoms with E-state index in [-0.39, 0.29) is 0 Å². The molecule has 0 amide bonds. The van der Waals surface area contributed by atoms with Crippen molar-refractivity contribution in [2.24, 2.45) is 0 Å². The van der Waals surface area contributed by atoms with Crippen LogP contribution in [0.15, 0.2) is 199 Å². The molecular weight excluding hydrogens is 713 g/mol. The number of rotatable bonds is 5. The molecule has 57 heavy (non-hydrogen) atoms. The van der Waals surface area contributed by atoms with Gasteiger partial charge in [0, 0.05) is 58.5 Å². The zero-order valence-electron chi connectivity index (χ0n) is 30.7. The van der Waals surface area contributed by atoms with E-state index in [1.807, 2.05) is 23.5 Å². The van der Waals surface area contributed by atoms with E-state index in [1.165, 1.54) is 58.7 Å². The summed E-state index contributed by atoms with van der Waals surface area (Å²) in [6.07, 6.45) is 0. The number of para-hydroxylation sites is 4. The van der Waals surface area contributed by atoms with Crippen molar-refractivity contribution in [3.63, 3.8) is 0 Å². The quantitative estimate of drug-likeness (QED) is 0.176. The fourth-order valence-corrected chi connectivity index (χ4v) is 10.2. The van der Waals surface area contributed by atoms with E-state index >= 15 is 0 Å². The van der Waals surface area contributed by atoms with Gasteiger partial charge < -0.3 is 8.98 Å². The van der Waals surface area contributed by atoms with Gasteiger partial charge in [-0.15, -0.1) is 11.3 Å². The van der Waals surface area contributed by atoms with Crippen LogP contribution in [0.4, 0.5) is 0 Å². The molecule has 4 aromatic heterocycles. The summed E-state index contributed by atoms with van der Waals surface area (Å²) in [7, 11) is 0. The van der Waals surface area contributed by atoms with E-state index in [0.717, 1.165) is 55.7 Å². The molecule has 0 atom stereocenters. The maximum Gasteiger partial charge on any atom is 0.144 e. The smallest absolute Gasteiger partial charge is 0.144 e. The average Bonchev–Trinajstić information content (AvgIpc) is 3.96. The molecule has 266 valence electrons. The Morgan fingerprint density at radius 1 is 0.404 bits per heavy atom. The standard InChI is InChI=1S/C53H32N2OS/c1-3-13-33(14-4-1)34-25-27-35(28-26-34)45-31-36(32-46(54-45)43-22-12-20-40-39-17-8-10-24-49(39)56-51(40)43)38-19-11-21-41-42-29-30-48-50(53(42)57-52(38)41)44-18-7-9-23-47(44)55(48)37-15-5-2-6-16-37/h1-32H. The van der Waals surface area contributed by atoms with Crippen molar-refractivity contribution < 1.29 is 4.42 Å². The topological polar surface area (TPSA) is 31.0 Å². The van der Waals surface area contributed by atoms with E-state index in [9.17, 15) is 0 Å². The normalized spacial score (nSPS) is 11.9. The van der Waals surface area contributed by atoms with Gasteiger partial charge >= 0.3 is 0 Å². The van der Waals surface area contributed by atoms with Gasteiger partial charge in [0.05, 0.1) is 22.4 Å². The molecule has 0 saturated heterocycles. The summed E-state index contributed by atoms with van der Waals surface area (Å²) in [5.41, 5.74) is 13.9. The summed E-state index contributed by atoms with van der Waals surface area (Å²) in [4.78, 5) is 5.39. The van der Waals surface area contributed by atoms with Crippen molar-refractivity contribution in [2.75, 3.05) is 0 Å². The van der Waals surface area contributed by atoms with Gasteiger partial charge in [0.1, 0.15) is 11.2 Å². The largest absolute Gasteiger partial charge is 0.455 e. The van der Waals surface area contributed by atoms with Gasteiger partial charge in [-0.25, -0.2) is 4.98 Å². The number of furan rings is 1. The van der Waals surface area contributed by atoms with Crippen LogP contribution in [0, 0.1) is 0 Å². The molecule has 0 N–H and O–H groups in total. The fraction of sp³-hybridized carbons (Fsp3) is 0. The molecule has 8 aromatic carbocycles. The number of hydrogen-bond donors (Lipinski definition) is 0. The summed E-state index contributed by atoms with van der Waals surface area (Å²) in [6.45, 7) is 0. The Morgan fingerprint density at radius 3 is 1.88 bits per heavy atom. The number of hydrogen-bond acceptors (Lipinski definition) is 3. The van der Waals surface area contributed by atoms with E-state index in [2.05, 4.69) is 187 Å². The third kappa shape index (κ3) is 5.01. The lowest BCUT2D eigenvalue weighted by Crippen LogP contribution is -1.92.